The van der Waals surface area contributed by atoms with Gasteiger partial charge in [0.2, 0.25) is 10.0 Å². The van der Waals surface area contributed by atoms with Crippen LogP contribution in [0.2, 0.25) is 0 Å². The number of amides is 1. The number of hydrogen-bond donors (Lipinski definition) is 1. The molecule has 6 nitrogen and oxygen atoms in total. The van der Waals surface area contributed by atoms with Gasteiger partial charge in [-0.15, -0.1) is 0 Å². The van der Waals surface area contributed by atoms with Gasteiger partial charge in [0.05, 0.1) is 18.5 Å². The molecule has 0 atom stereocenters. The van der Waals surface area contributed by atoms with Gasteiger partial charge in [0.15, 0.2) is 0 Å². The lowest BCUT2D eigenvalue weighted by molar-refractivity contribution is 0.0952. The Morgan fingerprint density at radius 2 is 1.74 bits per heavy atom. The Bertz CT molecular complexity index is 997. The van der Waals surface area contributed by atoms with E-state index >= 15 is 0 Å². The van der Waals surface area contributed by atoms with Crippen LogP contribution in [-0.4, -0.2) is 51.7 Å². The highest BCUT2D eigenvalue weighted by Crippen LogP contribution is 2.26. The molecular formula is C24H33N3O3S. The lowest BCUT2D eigenvalue weighted by atomic mass is 10.1. The number of anilines is 1. The lowest BCUT2D eigenvalue weighted by Gasteiger charge is -2.25. The highest BCUT2D eigenvalue weighted by atomic mass is 32.2. The van der Waals surface area contributed by atoms with Gasteiger partial charge in [-0.05, 0) is 87.6 Å². The maximum absolute atomic E-state index is 12.5. The summed E-state index contributed by atoms with van der Waals surface area (Å²) >= 11 is 0. The zero-order valence-electron chi connectivity index (χ0n) is 18.7. The first-order valence-electron chi connectivity index (χ1n) is 10.9. The van der Waals surface area contributed by atoms with Crippen molar-refractivity contribution in [2.75, 3.05) is 36.7 Å². The number of likely N-dealkylation sites (tertiary alicyclic amines) is 1. The van der Waals surface area contributed by atoms with Crippen molar-refractivity contribution in [3.63, 3.8) is 0 Å². The van der Waals surface area contributed by atoms with Crippen LogP contribution in [0.4, 0.5) is 5.69 Å². The van der Waals surface area contributed by atoms with Gasteiger partial charge in [-0.3, -0.25) is 9.10 Å². The molecule has 0 aliphatic carbocycles. The fourth-order valence-corrected chi connectivity index (χ4v) is 4.85. The van der Waals surface area contributed by atoms with Crippen LogP contribution in [0.1, 0.15) is 46.3 Å². The number of nitrogens with zero attached hydrogens (tertiary/aromatic N) is 2. The van der Waals surface area contributed by atoms with Crippen LogP contribution >= 0.6 is 0 Å². The molecule has 1 aliphatic heterocycles. The van der Waals surface area contributed by atoms with Gasteiger partial charge in [0.25, 0.3) is 5.91 Å². The monoisotopic (exact) mass is 443 g/mol. The molecule has 0 saturated carbocycles. The lowest BCUT2D eigenvalue weighted by Crippen LogP contribution is -2.30. The van der Waals surface area contributed by atoms with Gasteiger partial charge in [0, 0.05) is 12.1 Å². The number of hydrogen-bond acceptors (Lipinski definition) is 4. The molecule has 0 radical (unpaired) electrons. The number of sulfonamides is 1. The minimum Gasteiger partial charge on any atom is -0.352 e. The van der Waals surface area contributed by atoms with Crippen LogP contribution in [0.25, 0.3) is 0 Å². The molecule has 1 saturated heterocycles. The first-order valence-corrected chi connectivity index (χ1v) is 12.7. The van der Waals surface area contributed by atoms with Gasteiger partial charge in [-0.25, -0.2) is 8.42 Å². The Kier molecular flexibility index (Phi) is 7.73. The Balaban J connectivity index is 1.61. The Morgan fingerprint density at radius 1 is 1.06 bits per heavy atom. The second-order valence-corrected chi connectivity index (χ2v) is 10.3. The molecule has 0 spiro atoms. The SMILES string of the molecule is Cc1ccc(C)c(N(Cc2ccc(C(=O)NCCCN3CCCC3)cc2)S(C)(=O)=O)c1. The summed E-state index contributed by atoms with van der Waals surface area (Å²) in [6.45, 7) is 8.10. The molecule has 7 heteroatoms. The molecule has 1 N–H and O–H groups in total. The number of carbonyl (C=O) groups is 1. The summed E-state index contributed by atoms with van der Waals surface area (Å²) in [5.74, 6) is -0.0949. The van der Waals surface area contributed by atoms with Crippen molar-refractivity contribution >= 4 is 21.6 Å². The summed E-state index contributed by atoms with van der Waals surface area (Å²) in [6.07, 6.45) is 4.72. The summed E-state index contributed by atoms with van der Waals surface area (Å²) in [5.41, 5.74) is 4.01. The molecule has 2 aromatic rings. The number of carbonyl (C=O) groups excluding carboxylic acids is 1. The summed E-state index contributed by atoms with van der Waals surface area (Å²) in [7, 11) is -3.45. The molecule has 3 rings (SSSR count). The fourth-order valence-electron chi connectivity index (χ4n) is 3.91. The summed E-state index contributed by atoms with van der Waals surface area (Å²) < 4.78 is 26.4. The van der Waals surface area contributed by atoms with E-state index < -0.39 is 10.0 Å². The molecule has 2 aromatic carbocycles. The van der Waals surface area contributed by atoms with Crippen LogP contribution in [0, 0.1) is 13.8 Å². The highest BCUT2D eigenvalue weighted by Gasteiger charge is 2.20. The van der Waals surface area contributed by atoms with E-state index in [-0.39, 0.29) is 12.5 Å². The summed E-state index contributed by atoms with van der Waals surface area (Å²) in [4.78, 5) is 14.8. The van der Waals surface area contributed by atoms with E-state index in [1.165, 1.54) is 36.5 Å². The van der Waals surface area contributed by atoms with Crippen molar-refractivity contribution < 1.29 is 13.2 Å². The third-order valence-corrected chi connectivity index (χ3v) is 6.84. The van der Waals surface area contributed by atoms with Crippen molar-refractivity contribution in [1.29, 1.82) is 0 Å². The van der Waals surface area contributed by atoms with Crippen molar-refractivity contribution in [1.82, 2.24) is 10.2 Å². The van der Waals surface area contributed by atoms with E-state index in [9.17, 15) is 13.2 Å². The molecule has 1 aliphatic rings. The second kappa shape index (κ2) is 10.3. The summed E-state index contributed by atoms with van der Waals surface area (Å²) in [6, 6.07) is 13.0. The number of benzene rings is 2. The molecular weight excluding hydrogens is 410 g/mol. The van der Waals surface area contributed by atoms with E-state index in [1.54, 1.807) is 12.1 Å². The van der Waals surface area contributed by atoms with Gasteiger partial charge < -0.3 is 10.2 Å². The maximum atomic E-state index is 12.5. The van der Waals surface area contributed by atoms with Crippen molar-refractivity contribution in [3.8, 4) is 0 Å². The van der Waals surface area contributed by atoms with Crippen LogP contribution in [0.15, 0.2) is 42.5 Å². The molecule has 1 amide bonds. The summed E-state index contributed by atoms with van der Waals surface area (Å²) in [5, 5.41) is 2.98. The Hall–Kier alpha value is -2.38. The topological polar surface area (TPSA) is 69.7 Å². The normalized spacial score (nSPS) is 14.5. The molecule has 0 unspecified atom stereocenters. The average Bonchev–Trinajstić information content (AvgIpc) is 3.24. The largest absolute Gasteiger partial charge is 0.352 e. The number of rotatable bonds is 9. The third kappa shape index (κ3) is 6.55. The zero-order valence-corrected chi connectivity index (χ0v) is 19.5. The van der Waals surface area contributed by atoms with Crippen molar-refractivity contribution in [2.24, 2.45) is 0 Å². The zero-order chi connectivity index (χ0) is 22.4. The smallest absolute Gasteiger partial charge is 0.251 e. The van der Waals surface area contributed by atoms with E-state index in [2.05, 4.69) is 10.2 Å². The molecule has 168 valence electrons. The quantitative estimate of drug-likeness (QED) is 0.603. The number of nitrogens with one attached hydrogen (secondary N) is 1. The second-order valence-electron chi connectivity index (χ2n) is 8.41. The Labute approximate surface area is 186 Å². The minimum atomic E-state index is -3.45. The van der Waals surface area contributed by atoms with Gasteiger partial charge in [0.1, 0.15) is 0 Å². The van der Waals surface area contributed by atoms with E-state index in [0.717, 1.165) is 29.7 Å². The Morgan fingerprint density at radius 3 is 2.39 bits per heavy atom. The van der Waals surface area contributed by atoms with Gasteiger partial charge in [-0.2, -0.15) is 0 Å². The molecule has 1 heterocycles. The average molecular weight is 444 g/mol. The van der Waals surface area contributed by atoms with Crippen LogP contribution < -0.4 is 9.62 Å². The van der Waals surface area contributed by atoms with Crippen LogP contribution in [0.5, 0.6) is 0 Å². The van der Waals surface area contributed by atoms with Gasteiger partial charge in [-0.1, -0.05) is 24.3 Å². The van der Waals surface area contributed by atoms with Crippen molar-refractivity contribution in [2.45, 2.75) is 39.7 Å². The minimum absolute atomic E-state index is 0.0949. The number of aryl methyl sites for hydroxylation is 2. The standard InChI is InChI=1S/C24H33N3O3S/c1-19-7-8-20(2)23(17-19)27(31(3,29)30)18-21-9-11-22(12-10-21)24(28)25-13-6-16-26-14-4-5-15-26/h7-12,17H,4-6,13-16,18H2,1-3H3,(H,25,28). The molecule has 1 fully saturated rings. The van der Waals surface area contributed by atoms with Gasteiger partial charge >= 0.3 is 0 Å². The first-order chi connectivity index (χ1) is 14.7. The molecule has 0 aromatic heterocycles. The predicted octanol–water partition coefficient (Wildman–Crippen LogP) is 3.49. The van der Waals surface area contributed by atoms with E-state index in [1.807, 2.05) is 44.2 Å². The van der Waals surface area contributed by atoms with Crippen molar-refractivity contribution in [3.05, 3.63) is 64.7 Å². The predicted molar refractivity (Wildman–Crippen MR) is 126 cm³/mol. The van der Waals surface area contributed by atoms with Crippen LogP contribution in [0.3, 0.4) is 0 Å². The van der Waals surface area contributed by atoms with E-state index in [4.69, 9.17) is 0 Å². The maximum Gasteiger partial charge on any atom is 0.251 e. The van der Waals surface area contributed by atoms with E-state index in [0.29, 0.717) is 17.8 Å². The first kappa shape index (κ1) is 23.3. The third-order valence-electron chi connectivity index (χ3n) is 5.71. The molecule has 0 bridgehead atoms. The fraction of sp³-hybridized carbons (Fsp3) is 0.458. The molecule has 31 heavy (non-hydrogen) atoms. The van der Waals surface area contributed by atoms with Crippen LogP contribution in [-0.2, 0) is 16.6 Å². The highest BCUT2D eigenvalue weighted by molar-refractivity contribution is 7.92.